The van der Waals surface area contributed by atoms with E-state index in [1.807, 2.05) is 13.8 Å². The molecule has 0 unspecified atom stereocenters. The molecule has 7 N–H and O–H groups in total. The lowest BCUT2D eigenvalue weighted by atomic mass is 9.98. The standard InChI is InChI=1S/C21H34N4O4.C2HF3O2/c1-3-15(2)20(21(29)24-14-19(28)23-13-5-4-12-22)25-18(27)11-8-16-6-9-17(26)10-7-16;3-2(4,5)1(6)7/h6-7,9-10,15,20,26H,3-5,8,11-14,22H2,1-2H3,(H,23,28)(H,24,29)(H,25,27);(H,6,7)/t15-,20-;/m0./s1. The maximum atomic E-state index is 12.5. The Morgan fingerprint density at radius 1 is 1.06 bits per heavy atom. The molecule has 10 nitrogen and oxygen atoms in total. The summed E-state index contributed by atoms with van der Waals surface area (Å²) in [6.07, 6.45) is -1.93. The molecule has 0 heterocycles. The number of aryl methyl sites for hydroxylation is 1. The number of halogens is 3. The molecule has 1 rings (SSSR count). The number of hydrogen-bond donors (Lipinski definition) is 5. The zero-order valence-electron chi connectivity index (χ0n) is 20.5. The zero-order chi connectivity index (χ0) is 27.7. The Morgan fingerprint density at radius 2 is 1.64 bits per heavy atom. The Hall–Kier alpha value is -3.35. The number of carbonyl (C=O) groups excluding carboxylic acids is 4. The number of carbonyl (C=O) groups is 4. The van der Waals surface area contributed by atoms with E-state index in [1.165, 1.54) is 0 Å². The van der Waals surface area contributed by atoms with Crippen LogP contribution >= 0.6 is 0 Å². The average molecular weight is 521 g/mol. The fourth-order valence-electron chi connectivity index (χ4n) is 2.74. The highest BCUT2D eigenvalue weighted by Crippen LogP contribution is 2.13. The van der Waals surface area contributed by atoms with Gasteiger partial charge in [-0.2, -0.15) is 13.2 Å². The number of quaternary nitrogens is 1. The molecule has 0 fully saturated rings. The fourth-order valence-corrected chi connectivity index (χ4v) is 2.74. The van der Waals surface area contributed by atoms with Crippen LogP contribution in [0.25, 0.3) is 0 Å². The van der Waals surface area contributed by atoms with Crippen LogP contribution in [0.4, 0.5) is 13.2 Å². The van der Waals surface area contributed by atoms with Gasteiger partial charge in [0.2, 0.25) is 17.7 Å². The Kier molecular flexibility index (Phi) is 15.5. The summed E-state index contributed by atoms with van der Waals surface area (Å²) in [6.45, 7) is 5.12. The number of alkyl halides is 3. The molecule has 0 radical (unpaired) electrons. The Labute approximate surface area is 207 Å². The average Bonchev–Trinajstić information content (AvgIpc) is 2.82. The first-order chi connectivity index (χ1) is 16.8. The molecule has 1 aromatic rings. The number of carboxylic acids is 1. The smallest absolute Gasteiger partial charge is 0.430 e. The molecular weight excluding hydrogens is 485 g/mol. The summed E-state index contributed by atoms with van der Waals surface area (Å²) in [5, 5.41) is 26.3. The van der Waals surface area contributed by atoms with E-state index in [0.29, 0.717) is 19.4 Å². The van der Waals surface area contributed by atoms with Crippen LogP contribution in [0.1, 0.15) is 45.1 Å². The molecule has 0 aliphatic carbocycles. The number of aromatic hydroxyl groups is 1. The van der Waals surface area contributed by atoms with Crippen LogP contribution in [0.5, 0.6) is 5.75 Å². The normalized spacial score (nSPS) is 12.4. The quantitative estimate of drug-likeness (QED) is 0.217. The second kappa shape index (κ2) is 17.1. The third-order valence-corrected chi connectivity index (χ3v) is 5.04. The van der Waals surface area contributed by atoms with Gasteiger partial charge in [0.25, 0.3) is 0 Å². The number of amides is 3. The van der Waals surface area contributed by atoms with Gasteiger partial charge in [0, 0.05) is 13.0 Å². The predicted molar refractivity (Wildman–Crippen MR) is 122 cm³/mol. The van der Waals surface area contributed by atoms with Crippen LogP contribution < -0.4 is 26.8 Å². The molecule has 0 spiro atoms. The number of unbranched alkanes of at least 4 members (excludes halogenated alkanes) is 1. The molecule has 0 saturated carbocycles. The van der Waals surface area contributed by atoms with Crippen LogP contribution in [0, 0.1) is 5.92 Å². The monoisotopic (exact) mass is 520 g/mol. The Morgan fingerprint density at radius 3 is 2.14 bits per heavy atom. The van der Waals surface area contributed by atoms with Gasteiger partial charge in [0.05, 0.1) is 13.1 Å². The predicted octanol–water partition coefficient (Wildman–Crippen LogP) is -0.591. The molecule has 0 aliphatic heterocycles. The van der Waals surface area contributed by atoms with Crippen molar-refractivity contribution < 1.29 is 48.3 Å². The van der Waals surface area contributed by atoms with Gasteiger partial charge in [0.1, 0.15) is 17.8 Å². The number of benzene rings is 1. The van der Waals surface area contributed by atoms with Gasteiger partial charge in [-0.05, 0) is 42.9 Å². The van der Waals surface area contributed by atoms with E-state index in [1.54, 1.807) is 24.3 Å². The first-order valence-corrected chi connectivity index (χ1v) is 11.5. The van der Waals surface area contributed by atoms with E-state index in [9.17, 15) is 32.7 Å². The first kappa shape index (κ1) is 32.7. The number of carboxylic acid groups (broad SMARTS) is 1. The van der Waals surface area contributed by atoms with Gasteiger partial charge < -0.3 is 36.7 Å². The summed E-state index contributed by atoms with van der Waals surface area (Å²) in [7, 11) is 0. The molecular formula is C23H35F3N4O6. The molecule has 1 aromatic carbocycles. The van der Waals surface area contributed by atoms with Crippen molar-refractivity contribution in [3.05, 3.63) is 29.8 Å². The van der Waals surface area contributed by atoms with Gasteiger partial charge >= 0.3 is 6.18 Å². The molecule has 3 amide bonds. The van der Waals surface area contributed by atoms with Crippen LogP contribution in [0.3, 0.4) is 0 Å². The van der Waals surface area contributed by atoms with Crippen LogP contribution in [0.15, 0.2) is 24.3 Å². The summed E-state index contributed by atoms with van der Waals surface area (Å²) in [5.41, 5.74) is 4.68. The highest BCUT2D eigenvalue weighted by molar-refractivity contribution is 5.90. The maximum Gasteiger partial charge on any atom is 0.430 e. The van der Waals surface area contributed by atoms with Gasteiger partial charge in [-0.3, -0.25) is 14.4 Å². The molecule has 0 bridgehead atoms. The lowest BCUT2D eigenvalue weighted by molar-refractivity contribution is -0.368. The SMILES string of the molecule is CC[C@H](C)[C@H](NC(=O)CCc1ccc(O)cc1)C(=O)NCC(=O)NCCCC[NH3+].O=C([O-])C(F)(F)F. The van der Waals surface area contributed by atoms with Crippen molar-refractivity contribution in [2.75, 3.05) is 19.6 Å². The number of rotatable bonds is 13. The highest BCUT2D eigenvalue weighted by atomic mass is 19.4. The van der Waals surface area contributed by atoms with Crippen molar-refractivity contribution in [3.8, 4) is 5.75 Å². The minimum absolute atomic E-state index is 0.0623. The summed E-state index contributed by atoms with van der Waals surface area (Å²) in [4.78, 5) is 45.5. The summed E-state index contributed by atoms with van der Waals surface area (Å²) < 4.78 is 31.5. The molecule has 0 aromatic heterocycles. The van der Waals surface area contributed by atoms with Crippen molar-refractivity contribution in [3.63, 3.8) is 0 Å². The highest BCUT2D eigenvalue weighted by Gasteiger charge is 2.29. The van der Waals surface area contributed by atoms with E-state index in [2.05, 4.69) is 21.7 Å². The third-order valence-electron chi connectivity index (χ3n) is 5.04. The van der Waals surface area contributed by atoms with Crippen molar-refractivity contribution in [1.29, 1.82) is 0 Å². The number of nitrogens with one attached hydrogen (secondary N) is 3. The molecule has 0 saturated heterocycles. The van der Waals surface area contributed by atoms with Gasteiger partial charge in [0.15, 0.2) is 0 Å². The zero-order valence-corrected chi connectivity index (χ0v) is 20.5. The first-order valence-electron chi connectivity index (χ1n) is 11.5. The fraction of sp³-hybridized carbons (Fsp3) is 0.565. The van der Waals surface area contributed by atoms with Gasteiger partial charge in [-0.1, -0.05) is 32.4 Å². The second-order valence-electron chi connectivity index (χ2n) is 8.01. The van der Waals surface area contributed by atoms with Gasteiger partial charge in [-0.25, -0.2) is 0 Å². The number of aliphatic carboxylic acids is 1. The molecule has 2 atom stereocenters. The number of phenolic OH excluding ortho intramolecular Hbond substituents is 1. The van der Waals surface area contributed by atoms with Crippen molar-refractivity contribution in [2.24, 2.45) is 5.92 Å². The van der Waals surface area contributed by atoms with Crippen LogP contribution in [0.2, 0.25) is 0 Å². The van der Waals surface area contributed by atoms with Crippen molar-refractivity contribution in [2.45, 2.75) is 58.2 Å². The topological polar surface area (TPSA) is 175 Å². The van der Waals surface area contributed by atoms with Crippen LogP contribution in [-0.2, 0) is 25.6 Å². The Balaban J connectivity index is 0.00000152. The summed E-state index contributed by atoms with van der Waals surface area (Å²) in [6, 6.07) is 5.99. The number of phenols is 1. The number of hydrogen-bond acceptors (Lipinski definition) is 6. The molecule has 0 aliphatic rings. The molecule has 204 valence electrons. The lowest BCUT2D eigenvalue weighted by Gasteiger charge is -2.23. The lowest BCUT2D eigenvalue weighted by Crippen LogP contribution is -2.52. The van der Waals surface area contributed by atoms with Crippen molar-refractivity contribution >= 4 is 23.7 Å². The second-order valence-corrected chi connectivity index (χ2v) is 8.01. The van der Waals surface area contributed by atoms with E-state index in [4.69, 9.17) is 9.90 Å². The van der Waals surface area contributed by atoms with E-state index < -0.39 is 18.2 Å². The summed E-state index contributed by atoms with van der Waals surface area (Å²) >= 11 is 0. The minimum Gasteiger partial charge on any atom is -0.542 e. The molecule has 36 heavy (non-hydrogen) atoms. The maximum absolute atomic E-state index is 12.5. The van der Waals surface area contributed by atoms with E-state index in [0.717, 1.165) is 24.9 Å². The van der Waals surface area contributed by atoms with E-state index >= 15 is 0 Å². The minimum atomic E-state index is -5.19. The summed E-state index contributed by atoms with van der Waals surface area (Å²) in [5.74, 6) is -3.72. The third kappa shape index (κ3) is 14.8. The van der Waals surface area contributed by atoms with Crippen molar-refractivity contribution in [1.82, 2.24) is 16.0 Å². The van der Waals surface area contributed by atoms with Crippen LogP contribution in [-0.4, -0.2) is 60.6 Å². The Bertz CT molecular complexity index is 834. The molecule has 13 heteroatoms. The van der Waals surface area contributed by atoms with E-state index in [-0.39, 0.29) is 42.4 Å². The van der Waals surface area contributed by atoms with Gasteiger partial charge in [-0.15, -0.1) is 0 Å². The largest absolute Gasteiger partial charge is 0.542 e.